The number of fused-ring (bicyclic) bond motifs is 20. The highest BCUT2D eigenvalue weighted by Crippen LogP contribution is 2.46. The fourth-order valence-electron chi connectivity index (χ4n) is 19.6. The highest BCUT2D eigenvalue weighted by molar-refractivity contribution is 7.03. The molecule has 16 aromatic rings. The SMILES string of the molecule is Cc1ccc2c(c1)-c1cccc3c1B2c1ccccc1N3c1ccccc1.Cc1ccc2c(c1)B1c3ccccc3-c3cccc(c31)N2c1ccccc1.Cc1cccc2c1-c1cccc3c1B2c1ccccc1N3c1ccccc1.Cc1cccc2c1B1c3ccccc3-c3cccc(c31)N2c1ccccc1. The van der Waals surface area contributed by atoms with Crippen LogP contribution in [0.5, 0.6) is 0 Å². The number of hydrogen-bond acceptors (Lipinski definition) is 4. The van der Waals surface area contributed by atoms with Crippen LogP contribution in [0, 0.1) is 27.7 Å². The minimum absolute atomic E-state index is 0.322. The van der Waals surface area contributed by atoms with Crippen molar-refractivity contribution in [2.24, 2.45) is 0 Å². The van der Waals surface area contributed by atoms with Gasteiger partial charge in [-0.25, -0.2) is 0 Å². The summed E-state index contributed by atoms with van der Waals surface area (Å²) in [6.45, 7) is 10.1. The Morgan fingerprint density at radius 3 is 1.00 bits per heavy atom. The van der Waals surface area contributed by atoms with E-state index >= 15 is 0 Å². The molecule has 0 saturated carbocycles. The van der Waals surface area contributed by atoms with Crippen LogP contribution < -0.4 is 85.2 Å². The van der Waals surface area contributed by atoms with Crippen LogP contribution in [0.4, 0.5) is 68.2 Å². The first-order valence-electron chi connectivity index (χ1n) is 38.0. The van der Waals surface area contributed by atoms with E-state index in [0.717, 1.165) is 0 Å². The van der Waals surface area contributed by atoms with Crippen molar-refractivity contribution in [3.8, 4) is 44.5 Å². The molecule has 8 heteroatoms. The van der Waals surface area contributed by atoms with Crippen molar-refractivity contribution in [2.45, 2.75) is 27.7 Å². The lowest BCUT2D eigenvalue weighted by Gasteiger charge is -2.36. The molecule has 16 aromatic carbocycles. The van der Waals surface area contributed by atoms with E-state index in [9.17, 15) is 0 Å². The summed E-state index contributed by atoms with van der Waals surface area (Å²) in [5.41, 5.74) is 48.8. The van der Waals surface area contributed by atoms with E-state index in [1.165, 1.54) is 201 Å². The lowest BCUT2D eigenvalue weighted by Crippen LogP contribution is -2.55. The molecule has 0 fully saturated rings. The third-order valence-electron chi connectivity index (χ3n) is 23.9. The van der Waals surface area contributed by atoms with Crippen molar-refractivity contribution in [1.29, 1.82) is 0 Å². The molecule has 0 aliphatic carbocycles. The van der Waals surface area contributed by atoms with Crippen molar-refractivity contribution in [2.75, 3.05) is 19.6 Å². The molecular weight excluding hydrogens is 1300 g/mol. The largest absolute Gasteiger partial charge is 0.312 e. The van der Waals surface area contributed by atoms with Crippen LogP contribution in [0.1, 0.15) is 22.3 Å². The summed E-state index contributed by atoms with van der Waals surface area (Å²) in [5, 5.41) is 0. The van der Waals surface area contributed by atoms with Crippen LogP contribution in [0.2, 0.25) is 0 Å². The Labute approximate surface area is 634 Å². The first-order chi connectivity index (χ1) is 53.3. The molecule has 8 heterocycles. The second-order valence-electron chi connectivity index (χ2n) is 29.9. The van der Waals surface area contributed by atoms with Gasteiger partial charge in [0.05, 0.1) is 0 Å². The van der Waals surface area contributed by atoms with Gasteiger partial charge in [0.1, 0.15) is 0 Å². The smallest absolute Gasteiger partial charge is 0.248 e. The molecule has 24 rings (SSSR count). The molecule has 8 aliphatic rings. The molecule has 0 aromatic heterocycles. The van der Waals surface area contributed by atoms with Gasteiger partial charge in [-0.3, -0.25) is 0 Å². The first-order valence-corrected chi connectivity index (χ1v) is 38.0. The lowest BCUT2D eigenvalue weighted by atomic mass is 9.36. The standard InChI is InChI=1S/4C25H18BN/c1-17-9-7-14-21-24(17)19-12-8-16-23-25(19)26(21)20-13-5-6-15-22(20)27(23)18-10-3-2-4-11-18;1-17-9-7-15-22-24(17)26-21-14-6-5-12-19(21)20-13-8-16-23(25(20)26)27(22)18-10-3-2-4-11-18;1-17-14-15-21-20(16-17)19-10-7-13-24-25(19)26(21)22-11-5-6-12-23(22)27(24)18-8-3-2-4-9-18;1-17-14-15-23-22(16-17)26-21-12-6-5-10-19(21)20-11-7-13-24(25(20)26)27(23)18-8-3-2-4-9-18/h4*2-16H,1H3. The summed E-state index contributed by atoms with van der Waals surface area (Å²) in [6.07, 6.45) is 0. The molecule has 0 atom stereocenters. The topological polar surface area (TPSA) is 13.0 Å². The van der Waals surface area contributed by atoms with Gasteiger partial charge in [-0.05, 0) is 219 Å². The number of para-hydroxylation sites is 6. The monoisotopic (exact) mass is 1370 g/mol. The summed E-state index contributed by atoms with van der Waals surface area (Å²) < 4.78 is 0. The maximum absolute atomic E-state index is 2.43. The lowest BCUT2D eigenvalue weighted by molar-refractivity contribution is 1.28. The molecule has 0 saturated heterocycles. The summed E-state index contributed by atoms with van der Waals surface area (Å²) in [7, 11) is 0. The number of benzene rings is 16. The normalized spacial score (nSPS) is 13.2. The summed E-state index contributed by atoms with van der Waals surface area (Å²) in [6, 6.07) is 133. The van der Waals surface area contributed by atoms with E-state index in [4.69, 9.17) is 0 Å². The van der Waals surface area contributed by atoms with Crippen molar-refractivity contribution in [3.63, 3.8) is 0 Å². The zero-order chi connectivity index (χ0) is 71.8. The molecule has 0 amide bonds. The van der Waals surface area contributed by atoms with Gasteiger partial charge in [-0.2, -0.15) is 0 Å². The van der Waals surface area contributed by atoms with Crippen molar-refractivity contribution < 1.29 is 0 Å². The van der Waals surface area contributed by atoms with Gasteiger partial charge in [0.15, 0.2) is 0 Å². The maximum Gasteiger partial charge on any atom is 0.248 e. The fourth-order valence-corrected chi connectivity index (χ4v) is 19.6. The Bertz CT molecular complexity index is 6310. The Balaban J connectivity index is 0.0000000919. The zero-order valence-electron chi connectivity index (χ0n) is 60.7. The van der Waals surface area contributed by atoms with Crippen LogP contribution >= 0.6 is 0 Å². The number of hydrogen-bond donors (Lipinski definition) is 0. The van der Waals surface area contributed by atoms with Crippen LogP contribution in [0.25, 0.3) is 44.5 Å². The molecule has 0 spiro atoms. The van der Waals surface area contributed by atoms with E-state index < -0.39 is 0 Å². The summed E-state index contributed by atoms with van der Waals surface area (Å²) in [4.78, 5) is 9.70. The molecule has 504 valence electrons. The Kier molecular flexibility index (Phi) is 14.9. The van der Waals surface area contributed by atoms with Gasteiger partial charge < -0.3 is 19.6 Å². The highest BCUT2D eigenvalue weighted by atomic mass is 15.2. The molecule has 0 N–H and O–H groups in total. The van der Waals surface area contributed by atoms with Crippen molar-refractivity contribution in [3.05, 3.63) is 386 Å². The Hall–Kier alpha value is -13.0. The fraction of sp³-hybridized carbons (Fsp3) is 0.0400. The third-order valence-corrected chi connectivity index (χ3v) is 23.9. The Morgan fingerprint density at radius 1 is 0.176 bits per heavy atom. The van der Waals surface area contributed by atoms with Crippen molar-refractivity contribution in [1.82, 2.24) is 0 Å². The van der Waals surface area contributed by atoms with Gasteiger partial charge in [-0.1, -0.05) is 305 Å². The van der Waals surface area contributed by atoms with Crippen LogP contribution in [-0.4, -0.2) is 26.9 Å². The number of nitrogens with zero attached hydrogens (tertiary/aromatic N) is 4. The molecule has 0 unspecified atom stereocenters. The molecule has 0 radical (unpaired) electrons. The average Bonchev–Trinajstić information content (AvgIpc) is 1.55. The number of aryl methyl sites for hydroxylation is 4. The molecule has 8 aliphatic heterocycles. The highest BCUT2D eigenvalue weighted by Gasteiger charge is 2.47. The van der Waals surface area contributed by atoms with Crippen LogP contribution in [0.15, 0.2) is 364 Å². The number of anilines is 12. The van der Waals surface area contributed by atoms with E-state index in [1.54, 1.807) is 0 Å². The summed E-state index contributed by atoms with van der Waals surface area (Å²) in [5.74, 6) is 0. The molecule has 108 heavy (non-hydrogen) atoms. The quantitative estimate of drug-likeness (QED) is 0.163. The van der Waals surface area contributed by atoms with Gasteiger partial charge >= 0.3 is 0 Å². The minimum Gasteiger partial charge on any atom is -0.312 e. The first kappa shape index (κ1) is 63.5. The van der Waals surface area contributed by atoms with E-state index in [-0.39, 0.29) is 0 Å². The van der Waals surface area contributed by atoms with Gasteiger partial charge in [0.25, 0.3) is 0 Å². The van der Waals surface area contributed by atoms with Gasteiger partial charge in [0, 0.05) is 68.2 Å². The van der Waals surface area contributed by atoms with Gasteiger partial charge in [0.2, 0.25) is 26.9 Å². The third kappa shape index (κ3) is 9.69. The predicted molar refractivity (Wildman–Crippen MR) is 464 cm³/mol. The Morgan fingerprint density at radius 2 is 0.481 bits per heavy atom. The minimum atomic E-state index is 0.322. The second-order valence-corrected chi connectivity index (χ2v) is 29.9. The van der Waals surface area contributed by atoms with E-state index in [1.807, 2.05) is 0 Å². The summed E-state index contributed by atoms with van der Waals surface area (Å²) >= 11 is 0. The zero-order valence-corrected chi connectivity index (χ0v) is 60.7. The average molecular weight is 1370 g/mol. The molecular formula is C100H72B4N4. The predicted octanol–water partition coefficient (Wildman–Crippen LogP) is 17.1. The number of rotatable bonds is 4. The van der Waals surface area contributed by atoms with Crippen molar-refractivity contribution >= 4 is 161 Å². The van der Waals surface area contributed by atoms with Crippen LogP contribution in [-0.2, 0) is 0 Å². The van der Waals surface area contributed by atoms with Gasteiger partial charge in [-0.15, -0.1) is 0 Å². The second kappa shape index (κ2) is 25.4. The van der Waals surface area contributed by atoms with E-state index in [0.29, 0.717) is 26.9 Å². The molecule has 0 bridgehead atoms. The van der Waals surface area contributed by atoms with Crippen LogP contribution in [0.3, 0.4) is 0 Å². The maximum atomic E-state index is 2.43. The van der Waals surface area contributed by atoms with E-state index in [2.05, 4.69) is 411 Å². The molecule has 4 nitrogen and oxygen atoms in total.